The van der Waals surface area contributed by atoms with Crippen molar-refractivity contribution in [3.63, 3.8) is 0 Å². The second-order valence-electron chi connectivity index (χ2n) is 6.91. The van der Waals surface area contributed by atoms with E-state index in [1.165, 1.54) is 12.1 Å². The molecule has 24 heavy (non-hydrogen) atoms. The number of nitrogens with one attached hydrogen (secondary N) is 1. The fraction of sp³-hybridized carbons (Fsp3) is 0.588. The Bertz CT molecular complexity index is 705. The van der Waals surface area contributed by atoms with Gasteiger partial charge in [-0.15, -0.1) is 0 Å². The molecule has 1 N–H and O–H groups in total. The third kappa shape index (κ3) is 4.33. The molecule has 1 aliphatic heterocycles. The summed E-state index contributed by atoms with van der Waals surface area (Å²) < 4.78 is 38.0. The molecule has 0 bridgehead atoms. The van der Waals surface area contributed by atoms with Crippen LogP contribution >= 0.6 is 0 Å². The number of rotatable bonds is 5. The number of amides is 1. The second kappa shape index (κ2) is 6.80. The maximum atomic E-state index is 13.0. The summed E-state index contributed by atoms with van der Waals surface area (Å²) in [5.41, 5.74) is 1.02. The zero-order valence-electron chi connectivity index (χ0n) is 13.7. The average Bonchev–Trinajstić information content (AvgIpc) is 3.33. The Morgan fingerprint density at radius 1 is 1.33 bits per heavy atom. The molecule has 2 fully saturated rings. The molecular weight excluding hydrogens is 331 g/mol. The Morgan fingerprint density at radius 3 is 2.71 bits per heavy atom. The molecule has 0 aromatic heterocycles. The van der Waals surface area contributed by atoms with Gasteiger partial charge < -0.3 is 4.90 Å². The van der Waals surface area contributed by atoms with Gasteiger partial charge in [0, 0.05) is 25.6 Å². The number of carbonyl (C=O) groups is 1. The topological polar surface area (TPSA) is 66.5 Å². The standard InChI is InChI=1S/C17H23FN2O3S/c1-24(22,23)19-10-12-3-2-8-20(11-12)17(21)16-9-15(16)13-4-6-14(18)7-5-13/h4-7,12,15-16,19H,2-3,8-11H2,1H3/t12-,15+,16+/m0/s1. The van der Waals surface area contributed by atoms with Gasteiger partial charge in [-0.25, -0.2) is 17.5 Å². The smallest absolute Gasteiger partial charge is 0.226 e. The lowest BCUT2D eigenvalue weighted by molar-refractivity contribution is -0.134. The summed E-state index contributed by atoms with van der Waals surface area (Å²) >= 11 is 0. The first kappa shape index (κ1) is 17.4. The number of nitrogens with zero attached hydrogens (tertiary/aromatic N) is 1. The number of sulfonamides is 1. The minimum atomic E-state index is -3.20. The summed E-state index contributed by atoms with van der Waals surface area (Å²) in [6.07, 6.45) is 3.79. The van der Waals surface area contributed by atoms with E-state index in [1.54, 1.807) is 12.1 Å². The SMILES string of the molecule is CS(=O)(=O)NC[C@@H]1CCCN(C(=O)[C@@H]2C[C@@H]2c2ccc(F)cc2)C1. The molecule has 7 heteroatoms. The van der Waals surface area contributed by atoms with Crippen molar-refractivity contribution in [1.29, 1.82) is 0 Å². The van der Waals surface area contributed by atoms with E-state index in [-0.39, 0.29) is 29.5 Å². The molecule has 2 aliphatic rings. The molecule has 132 valence electrons. The van der Waals surface area contributed by atoms with Crippen LogP contribution in [0.5, 0.6) is 0 Å². The van der Waals surface area contributed by atoms with Crippen LogP contribution in [-0.4, -0.2) is 45.1 Å². The Balaban J connectivity index is 1.55. The van der Waals surface area contributed by atoms with E-state index in [1.807, 2.05) is 4.90 Å². The van der Waals surface area contributed by atoms with Crippen molar-refractivity contribution in [3.05, 3.63) is 35.6 Å². The van der Waals surface area contributed by atoms with Gasteiger partial charge in [0.1, 0.15) is 5.82 Å². The number of benzene rings is 1. The third-order valence-corrected chi connectivity index (χ3v) is 5.56. The summed E-state index contributed by atoms with van der Waals surface area (Å²) in [6.45, 7) is 1.73. The quantitative estimate of drug-likeness (QED) is 0.875. The van der Waals surface area contributed by atoms with E-state index >= 15 is 0 Å². The molecule has 0 spiro atoms. The van der Waals surface area contributed by atoms with Crippen molar-refractivity contribution < 1.29 is 17.6 Å². The van der Waals surface area contributed by atoms with Crippen LogP contribution in [-0.2, 0) is 14.8 Å². The minimum absolute atomic E-state index is 0.0166. The average molecular weight is 354 g/mol. The highest BCUT2D eigenvalue weighted by atomic mass is 32.2. The summed E-state index contributed by atoms with van der Waals surface area (Å²) in [5, 5.41) is 0. The number of piperidine rings is 1. The number of carbonyl (C=O) groups excluding carboxylic acids is 1. The fourth-order valence-corrected chi connectivity index (χ4v) is 4.02. The Morgan fingerprint density at radius 2 is 2.04 bits per heavy atom. The monoisotopic (exact) mass is 354 g/mol. The molecule has 1 aromatic carbocycles. The number of halogens is 1. The highest BCUT2D eigenvalue weighted by Gasteiger charge is 2.46. The first-order valence-corrected chi connectivity index (χ1v) is 10.2. The predicted octanol–water partition coefficient (Wildman–Crippen LogP) is 1.72. The van der Waals surface area contributed by atoms with E-state index in [4.69, 9.17) is 0 Å². The highest BCUT2D eigenvalue weighted by Crippen LogP contribution is 2.48. The van der Waals surface area contributed by atoms with Crippen LogP contribution < -0.4 is 4.72 Å². The number of likely N-dealkylation sites (tertiary alicyclic amines) is 1. The predicted molar refractivity (Wildman–Crippen MR) is 89.4 cm³/mol. The molecule has 0 radical (unpaired) electrons. The van der Waals surface area contributed by atoms with Crippen LogP contribution in [0.3, 0.4) is 0 Å². The summed E-state index contributed by atoms with van der Waals surface area (Å²) in [6, 6.07) is 6.37. The van der Waals surface area contributed by atoms with E-state index in [0.717, 1.165) is 37.6 Å². The molecule has 1 aromatic rings. The van der Waals surface area contributed by atoms with E-state index < -0.39 is 10.0 Å². The molecule has 0 unspecified atom stereocenters. The van der Waals surface area contributed by atoms with E-state index in [2.05, 4.69) is 4.72 Å². The van der Waals surface area contributed by atoms with Gasteiger partial charge in [-0.2, -0.15) is 0 Å². The molecule has 1 heterocycles. The van der Waals surface area contributed by atoms with Gasteiger partial charge in [0.05, 0.1) is 6.26 Å². The minimum Gasteiger partial charge on any atom is -0.342 e. The molecular formula is C17H23FN2O3S. The third-order valence-electron chi connectivity index (χ3n) is 4.87. The van der Waals surface area contributed by atoms with Crippen molar-refractivity contribution in [3.8, 4) is 0 Å². The summed E-state index contributed by atoms with van der Waals surface area (Å²) in [4.78, 5) is 14.5. The molecule has 1 saturated heterocycles. The van der Waals surface area contributed by atoms with Gasteiger partial charge in [0.25, 0.3) is 0 Å². The van der Waals surface area contributed by atoms with Crippen LogP contribution in [0, 0.1) is 17.7 Å². The fourth-order valence-electron chi connectivity index (χ4n) is 3.48. The molecule has 1 aliphatic carbocycles. The molecule has 1 saturated carbocycles. The number of hydrogen-bond acceptors (Lipinski definition) is 3. The molecule has 3 atom stereocenters. The second-order valence-corrected chi connectivity index (χ2v) is 8.75. The van der Waals surface area contributed by atoms with Gasteiger partial charge >= 0.3 is 0 Å². The van der Waals surface area contributed by atoms with Crippen LogP contribution in [0.25, 0.3) is 0 Å². The Hall–Kier alpha value is -1.47. The lowest BCUT2D eigenvalue weighted by atomic mass is 9.97. The van der Waals surface area contributed by atoms with Gasteiger partial charge in [0.2, 0.25) is 15.9 Å². The Kier molecular flexibility index (Phi) is 4.92. The van der Waals surface area contributed by atoms with Crippen molar-refractivity contribution >= 4 is 15.9 Å². The maximum Gasteiger partial charge on any atom is 0.226 e. The largest absolute Gasteiger partial charge is 0.342 e. The maximum absolute atomic E-state index is 13.0. The van der Waals surface area contributed by atoms with Gasteiger partial charge in [-0.05, 0) is 48.8 Å². The van der Waals surface area contributed by atoms with E-state index in [9.17, 15) is 17.6 Å². The lowest BCUT2D eigenvalue weighted by Crippen LogP contribution is -2.44. The normalized spacial score (nSPS) is 27.1. The Labute approximate surface area is 142 Å². The zero-order chi connectivity index (χ0) is 17.3. The number of hydrogen-bond donors (Lipinski definition) is 1. The molecule has 5 nitrogen and oxygen atoms in total. The van der Waals surface area contributed by atoms with Crippen LogP contribution in [0.1, 0.15) is 30.7 Å². The van der Waals surface area contributed by atoms with Crippen molar-refractivity contribution in [2.75, 3.05) is 25.9 Å². The van der Waals surface area contributed by atoms with Crippen molar-refractivity contribution in [2.45, 2.75) is 25.2 Å². The van der Waals surface area contributed by atoms with Crippen LogP contribution in [0.4, 0.5) is 4.39 Å². The summed E-state index contributed by atoms with van der Waals surface area (Å²) in [7, 11) is -3.20. The van der Waals surface area contributed by atoms with Gasteiger partial charge in [-0.3, -0.25) is 4.79 Å². The molecule has 1 amide bonds. The van der Waals surface area contributed by atoms with Gasteiger partial charge in [-0.1, -0.05) is 12.1 Å². The summed E-state index contributed by atoms with van der Waals surface area (Å²) in [5.74, 6) is 0.220. The molecule has 3 rings (SSSR count). The van der Waals surface area contributed by atoms with E-state index in [0.29, 0.717) is 13.1 Å². The lowest BCUT2D eigenvalue weighted by Gasteiger charge is -2.33. The highest BCUT2D eigenvalue weighted by molar-refractivity contribution is 7.88. The first-order chi connectivity index (χ1) is 11.3. The van der Waals surface area contributed by atoms with Crippen LogP contribution in [0.2, 0.25) is 0 Å². The first-order valence-electron chi connectivity index (χ1n) is 8.32. The van der Waals surface area contributed by atoms with Crippen molar-refractivity contribution in [1.82, 2.24) is 9.62 Å². The van der Waals surface area contributed by atoms with Crippen molar-refractivity contribution in [2.24, 2.45) is 11.8 Å². The zero-order valence-corrected chi connectivity index (χ0v) is 14.6. The van der Waals surface area contributed by atoms with Gasteiger partial charge in [0.15, 0.2) is 0 Å². The van der Waals surface area contributed by atoms with Crippen LogP contribution in [0.15, 0.2) is 24.3 Å².